The van der Waals surface area contributed by atoms with Gasteiger partial charge in [0.1, 0.15) is 0 Å². The number of carbonyl (C=O) groups is 1. The number of hydrogen-bond acceptors (Lipinski definition) is 2. The number of aromatic carboxylic acids is 1. The number of hydrogen-bond donors (Lipinski definition) is 2. The number of carboxylic acids is 1. The van der Waals surface area contributed by atoms with Gasteiger partial charge in [-0.2, -0.15) is 0 Å². The van der Waals surface area contributed by atoms with Crippen LogP contribution < -0.4 is 0 Å². The van der Waals surface area contributed by atoms with Gasteiger partial charge in [0.05, 0.1) is 12.2 Å². The number of aliphatic hydroxyl groups is 1. The molecule has 1 heterocycles. The molecule has 2 N–H and O–H groups in total. The Balaban J connectivity index is 2.16. The minimum absolute atomic E-state index is 0.000208. The third-order valence-corrected chi connectivity index (χ3v) is 2.64. The fourth-order valence-corrected chi connectivity index (χ4v) is 1.70. The second-order valence-electron chi connectivity index (χ2n) is 3.79. The van der Waals surface area contributed by atoms with Crippen molar-refractivity contribution in [2.24, 2.45) is 0 Å². The summed E-state index contributed by atoms with van der Waals surface area (Å²) in [5, 5.41) is 17.9. The molecule has 0 saturated heterocycles. The quantitative estimate of drug-likeness (QED) is 0.842. The highest BCUT2D eigenvalue weighted by Crippen LogP contribution is 2.09. The van der Waals surface area contributed by atoms with E-state index in [1.54, 1.807) is 24.3 Å². The van der Waals surface area contributed by atoms with E-state index in [4.69, 9.17) is 10.2 Å². The zero-order chi connectivity index (χ0) is 12.3. The number of rotatable bonds is 4. The molecule has 2 rings (SSSR count). The molecule has 1 aromatic carbocycles. The van der Waals surface area contributed by atoms with Crippen LogP contribution in [0.5, 0.6) is 0 Å². The summed E-state index contributed by atoms with van der Waals surface area (Å²) in [5.74, 6) is -0.923. The van der Waals surface area contributed by atoms with E-state index in [1.807, 2.05) is 22.9 Å². The van der Waals surface area contributed by atoms with Crippen molar-refractivity contribution in [2.45, 2.75) is 13.2 Å². The molecule has 2 aromatic rings. The van der Waals surface area contributed by atoms with Gasteiger partial charge in [0.25, 0.3) is 0 Å². The van der Waals surface area contributed by atoms with Crippen LogP contribution in [0.2, 0.25) is 0 Å². The number of aromatic nitrogens is 1. The standard InChI is InChI=1S/C13H13NO3/c15-9-12-2-1-7-14(12)8-10-3-5-11(6-4-10)13(16)17/h1-7,15H,8-9H2,(H,16,17). The van der Waals surface area contributed by atoms with Gasteiger partial charge >= 0.3 is 5.97 Å². The first-order valence-electron chi connectivity index (χ1n) is 5.28. The van der Waals surface area contributed by atoms with Crippen LogP contribution in [0.25, 0.3) is 0 Å². The maximum absolute atomic E-state index is 10.7. The molecule has 0 unspecified atom stereocenters. The Morgan fingerprint density at radius 2 is 1.88 bits per heavy atom. The molecule has 0 aliphatic rings. The number of carboxylic acid groups (broad SMARTS) is 1. The summed E-state index contributed by atoms with van der Waals surface area (Å²) in [6.07, 6.45) is 1.89. The molecule has 88 valence electrons. The molecule has 4 heteroatoms. The van der Waals surface area contributed by atoms with E-state index in [-0.39, 0.29) is 12.2 Å². The van der Waals surface area contributed by atoms with Gasteiger partial charge in [-0.05, 0) is 29.8 Å². The van der Waals surface area contributed by atoms with Gasteiger partial charge in [-0.25, -0.2) is 4.79 Å². The largest absolute Gasteiger partial charge is 0.478 e. The Morgan fingerprint density at radius 3 is 2.47 bits per heavy atom. The van der Waals surface area contributed by atoms with E-state index in [0.29, 0.717) is 6.54 Å². The molecule has 0 aliphatic heterocycles. The second kappa shape index (κ2) is 4.84. The summed E-state index contributed by atoms with van der Waals surface area (Å²) in [7, 11) is 0. The lowest BCUT2D eigenvalue weighted by Gasteiger charge is -2.07. The van der Waals surface area contributed by atoms with Crippen molar-refractivity contribution in [3.8, 4) is 0 Å². The average molecular weight is 231 g/mol. The molecule has 0 aliphatic carbocycles. The maximum Gasteiger partial charge on any atom is 0.335 e. The van der Waals surface area contributed by atoms with Crippen molar-refractivity contribution in [1.82, 2.24) is 4.57 Å². The van der Waals surface area contributed by atoms with E-state index in [9.17, 15) is 4.79 Å². The zero-order valence-electron chi connectivity index (χ0n) is 9.21. The first kappa shape index (κ1) is 11.4. The van der Waals surface area contributed by atoms with Gasteiger partial charge < -0.3 is 14.8 Å². The second-order valence-corrected chi connectivity index (χ2v) is 3.79. The van der Waals surface area contributed by atoms with Gasteiger partial charge in [0.15, 0.2) is 0 Å². The highest BCUT2D eigenvalue weighted by molar-refractivity contribution is 5.87. The minimum Gasteiger partial charge on any atom is -0.478 e. The Morgan fingerprint density at radius 1 is 1.18 bits per heavy atom. The summed E-state index contributed by atoms with van der Waals surface area (Å²) in [4.78, 5) is 10.7. The Bertz CT molecular complexity index is 514. The van der Waals surface area contributed by atoms with Gasteiger partial charge in [-0.1, -0.05) is 12.1 Å². The van der Waals surface area contributed by atoms with Gasteiger partial charge in [0.2, 0.25) is 0 Å². The fourth-order valence-electron chi connectivity index (χ4n) is 1.70. The summed E-state index contributed by atoms with van der Waals surface area (Å²) < 4.78 is 1.93. The number of aliphatic hydroxyl groups excluding tert-OH is 1. The van der Waals surface area contributed by atoms with Crippen molar-refractivity contribution in [3.05, 3.63) is 59.4 Å². The smallest absolute Gasteiger partial charge is 0.335 e. The first-order valence-corrected chi connectivity index (χ1v) is 5.28. The molecule has 0 amide bonds. The van der Waals surface area contributed by atoms with E-state index < -0.39 is 5.97 Å². The molecular formula is C13H13NO3. The summed E-state index contributed by atoms with van der Waals surface area (Å²) in [6.45, 7) is 0.628. The highest BCUT2D eigenvalue weighted by Gasteiger charge is 2.03. The Hall–Kier alpha value is -2.07. The van der Waals surface area contributed by atoms with Gasteiger partial charge in [-0.3, -0.25) is 0 Å². The predicted molar refractivity (Wildman–Crippen MR) is 62.9 cm³/mol. The van der Waals surface area contributed by atoms with E-state index in [1.165, 1.54) is 0 Å². The van der Waals surface area contributed by atoms with Crippen LogP contribution in [0, 0.1) is 0 Å². The van der Waals surface area contributed by atoms with E-state index in [0.717, 1.165) is 11.3 Å². The molecule has 17 heavy (non-hydrogen) atoms. The fraction of sp³-hybridized carbons (Fsp3) is 0.154. The predicted octanol–water partition coefficient (Wildman–Crippen LogP) is 1.73. The van der Waals surface area contributed by atoms with Crippen LogP contribution in [-0.2, 0) is 13.2 Å². The maximum atomic E-state index is 10.7. The summed E-state index contributed by atoms with van der Waals surface area (Å²) in [5.41, 5.74) is 2.12. The summed E-state index contributed by atoms with van der Waals surface area (Å²) >= 11 is 0. The lowest BCUT2D eigenvalue weighted by Crippen LogP contribution is -2.03. The lowest BCUT2D eigenvalue weighted by atomic mass is 10.1. The van der Waals surface area contributed by atoms with Crippen LogP contribution in [-0.4, -0.2) is 20.7 Å². The normalized spacial score (nSPS) is 10.4. The SMILES string of the molecule is O=C(O)c1ccc(Cn2cccc2CO)cc1. The van der Waals surface area contributed by atoms with Crippen LogP contribution in [0.3, 0.4) is 0 Å². The van der Waals surface area contributed by atoms with Gasteiger partial charge in [0, 0.05) is 18.4 Å². The molecule has 0 bridgehead atoms. The molecular weight excluding hydrogens is 218 g/mol. The topological polar surface area (TPSA) is 62.5 Å². The molecule has 1 aromatic heterocycles. The van der Waals surface area contributed by atoms with Crippen molar-refractivity contribution in [1.29, 1.82) is 0 Å². The zero-order valence-corrected chi connectivity index (χ0v) is 9.21. The van der Waals surface area contributed by atoms with Gasteiger partial charge in [-0.15, -0.1) is 0 Å². The molecule has 4 nitrogen and oxygen atoms in total. The van der Waals surface area contributed by atoms with E-state index >= 15 is 0 Å². The van der Waals surface area contributed by atoms with Crippen molar-refractivity contribution >= 4 is 5.97 Å². The van der Waals surface area contributed by atoms with Crippen molar-refractivity contribution in [3.63, 3.8) is 0 Å². The third kappa shape index (κ3) is 2.54. The molecule has 0 fully saturated rings. The number of benzene rings is 1. The molecule has 0 saturated carbocycles. The minimum atomic E-state index is -0.923. The average Bonchev–Trinajstić information content (AvgIpc) is 2.77. The lowest BCUT2D eigenvalue weighted by molar-refractivity contribution is 0.0697. The molecule has 0 radical (unpaired) electrons. The highest BCUT2D eigenvalue weighted by atomic mass is 16.4. The third-order valence-electron chi connectivity index (χ3n) is 2.64. The van der Waals surface area contributed by atoms with Crippen LogP contribution in [0.1, 0.15) is 21.6 Å². The van der Waals surface area contributed by atoms with Crippen LogP contribution in [0.4, 0.5) is 0 Å². The molecule has 0 spiro atoms. The summed E-state index contributed by atoms with van der Waals surface area (Å²) in [6, 6.07) is 10.5. The first-order chi connectivity index (χ1) is 8.20. The Kier molecular flexibility index (Phi) is 3.25. The van der Waals surface area contributed by atoms with E-state index in [2.05, 4.69) is 0 Å². The number of nitrogens with zero attached hydrogens (tertiary/aromatic N) is 1. The Labute approximate surface area is 98.8 Å². The van der Waals surface area contributed by atoms with Crippen LogP contribution in [0.15, 0.2) is 42.6 Å². The van der Waals surface area contributed by atoms with Crippen LogP contribution >= 0.6 is 0 Å². The molecule has 0 atom stereocenters. The van der Waals surface area contributed by atoms with Crippen molar-refractivity contribution in [2.75, 3.05) is 0 Å². The monoisotopic (exact) mass is 231 g/mol. The van der Waals surface area contributed by atoms with Crippen molar-refractivity contribution < 1.29 is 15.0 Å².